The molecule has 146 valence electrons. The van der Waals surface area contributed by atoms with E-state index >= 15 is 0 Å². The topological polar surface area (TPSA) is 50.0 Å². The van der Waals surface area contributed by atoms with Gasteiger partial charge in [-0.2, -0.15) is 0 Å². The molecule has 0 aromatic carbocycles. The number of nitrogens with one attached hydrogen (secondary N) is 1. The number of likely N-dealkylation sites (tertiary alicyclic amines) is 1. The molecule has 3 aliphatic rings. The maximum atomic E-state index is 5.86. The van der Waals surface area contributed by atoms with Crippen molar-refractivity contribution in [2.24, 2.45) is 10.4 Å². The second-order valence-electron chi connectivity index (χ2n) is 7.93. The van der Waals surface area contributed by atoms with Crippen molar-refractivity contribution >= 4 is 29.9 Å². The second kappa shape index (κ2) is 9.44. The molecule has 1 saturated carbocycles. The molecule has 1 aromatic rings. The van der Waals surface area contributed by atoms with Gasteiger partial charge in [0.05, 0.1) is 18.9 Å². The third-order valence-corrected chi connectivity index (χ3v) is 6.11. The number of guanidine groups is 1. The first kappa shape index (κ1) is 20.0. The highest BCUT2D eigenvalue weighted by atomic mass is 127. The fourth-order valence-corrected chi connectivity index (χ4v) is 4.36. The van der Waals surface area contributed by atoms with Crippen LogP contribution in [0.2, 0.25) is 0 Å². The molecule has 1 spiro atoms. The molecule has 4 rings (SSSR count). The fraction of sp³-hybridized carbons (Fsp3) is 0.750. The van der Waals surface area contributed by atoms with Crippen molar-refractivity contribution in [3.8, 4) is 0 Å². The highest BCUT2D eigenvalue weighted by Crippen LogP contribution is 2.47. The Morgan fingerprint density at radius 1 is 1.27 bits per heavy atom. The maximum absolute atomic E-state index is 5.86. The molecule has 1 atom stereocenters. The van der Waals surface area contributed by atoms with E-state index in [1.807, 2.05) is 12.1 Å². The zero-order valence-corrected chi connectivity index (χ0v) is 18.0. The summed E-state index contributed by atoms with van der Waals surface area (Å²) >= 11 is 0. The summed E-state index contributed by atoms with van der Waals surface area (Å²) in [5, 5.41) is 3.59. The average Bonchev–Trinajstić information content (AvgIpc) is 3.28. The molecule has 1 aliphatic carbocycles. The first-order chi connectivity index (χ1) is 12.3. The van der Waals surface area contributed by atoms with E-state index in [1.165, 1.54) is 45.1 Å². The summed E-state index contributed by atoms with van der Waals surface area (Å²) in [5.74, 6) is 2.10. The number of nitrogens with zero attached hydrogens (tertiary/aromatic N) is 2. The third-order valence-electron chi connectivity index (χ3n) is 6.11. The minimum atomic E-state index is 0. The summed E-state index contributed by atoms with van der Waals surface area (Å²) in [6.07, 6.45) is 12.1. The van der Waals surface area contributed by atoms with Gasteiger partial charge in [-0.25, -0.2) is 0 Å². The minimum absolute atomic E-state index is 0. The number of aliphatic imine (C=N–C) groups is 1. The van der Waals surface area contributed by atoms with Crippen molar-refractivity contribution in [2.75, 3.05) is 32.8 Å². The van der Waals surface area contributed by atoms with Crippen molar-refractivity contribution in [3.05, 3.63) is 24.2 Å². The first-order valence-corrected chi connectivity index (χ1v) is 10.0. The van der Waals surface area contributed by atoms with Gasteiger partial charge in [-0.3, -0.25) is 4.99 Å². The minimum Gasteiger partial charge on any atom is -0.469 e. The van der Waals surface area contributed by atoms with Crippen LogP contribution in [-0.4, -0.2) is 49.7 Å². The molecule has 3 fully saturated rings. The van der Waals surface area contributed by atoms with E-state index in [0.29, 0.717) is 11.5 Å². The fourth-order valence-electron chi connectivity index (χ4n) is 4.36. The van der Waals surface area contributed by atoms with Gasteiger partial charge in [-0.1, -0.05) is 6.42 Å². The Morgan fingerprint density at radius 3 is 2.85 bits per heavy atom. The molecule has 1 N–H and O–H groups in total. The summed E-state index contributed by atoms with van der Waals surface area (Å²) < 4.78 is 11.3. The molecule has 5 nitrogen and oxygen atoms in total. The predicted octanol–water partition coefficient (Wildman–Crippen LogP) is 3.83. The molecular weight excluding hydrogens is 441 g/mol. The Bertz CT molecular complexity index is 566. The number of halogens is 1. The van der Waals surface area contributed by atoms with E-state index in [9.17, 15) is 0 Å². The monoisotopic (exact) mass is 473 g/mol. The molecule has 2 aliphatic heterocycles. The molecule has 0 radical (unpaired) electrons. The summed E-state index contributed by atoms with van der Waals surface area (Å²) in [5.41, 5.74) is 0.588. The van der Waals surface area contributed by atoms with Crippen LogP contribution >= 0.6 is 24.0 Å². The van der Waals surface area contributed by atoms with Crippen LogP contribution in [0.5, 0.6) is 0 Å². The molecule has 6 heteroatoms. The summed E-state index contributed by atoms with van der Waals surface area (Å²) in [7, 11) is 0. The van der Waals surface area contributed by atoms with Crippen molar-refractivity contribution < 1.29 is 9.15 Å². The number of hydrogen-bond acceptors (Lipinski definition) is 3. The van der Waals surface area contributed by atoms with Crippen LogP contribution in [0.15, 0.2) is 27.8 Å². The van der Waals surface area contributed by atoms with Crippen LogP contribution in [-0.2, 0) is 11.2 Å². The summed E-state index contributed by atoms with van der Waals surface area (Å²) in [6, 6.07) is 3.99. The van der Waals surface area contributed by atoms with Crippen LogP contribution in [0, 0.1) is 5.41 Å². The third kappa shape index (κ3) is 4.94. The lowest BCUT2D eigenvalue weighted by molar-refractivity contribution is 0.0223. The smallest absolute Gasteiger partial charge is 0.194 e. The second-order valence-corrected chi connectivity index (χ2v) is 7.93. The van der Waals surface area contributed by atoms with Gasteiger partial charge in [-0.15, -0.1) is 24.0 Å². The van der Waals surface area contributed by atoms with Gasteiger partial charge in [0, 0.05) is 32.7 Å². The normalized spacial score (nSPS) is 25.0. The lowest BCUT2D eigenvalue weighted by Gasteiger charge is -2.38. The van der Waals surface area contributed by atoms with E-state index in [-0.39, 0.29) is 24.0 Å². The first-order valence-electron chi connectivity index (χ1n) is 10.0. The predicted molar refractivity (Wildman–Crippen MR) is 114 cm³/mol. The molecule has 26 heavy (non-hydrogen) atoms. The zero-order valence-electron chi connectivity index (χ0n) is 15.6. The van der Waals surface area contributed by atoms with Crippen LogP contribution in [0.3, 0.4) is 0 Å². The Morgan fingerprint density at radius 2 is 2.19 bits per heavy atom. The molecule has 2 saturated heterocycles. The van der Waals surface area contributed by atoms with E-state index in [1.54, 1.807) is 6.26 Å². The highest BCUT2D eigenvalue weighted by molar-refractivity contribution is 14.0. The van der Waals surface area contributed by atoms with Gasteiger partial charge in [0.15, 0.2) is 5.96 Å². The number of ether oxygens (including phenoxy) is 1. The molecule has 0 amide bonds. The highest BCUT2D eigenvalue weighted by Gasteiger charge is 2.43. The van der Waals surface area contributed by atoms with Crippen molar-refractivity contribution in [1.29, 1.82) is 0 Å². The molecule has 1 aromatic heterocycles. The Kier molecular flexibility index (Phi) is 7.26. The molecular formula is C20H32IN3O2. The van der Waals surface area contributed by atoms with Gasteiger partial charge >= 0.3 is 0 Å². The number of furan rings is 1. The van der Waals surface area contributed by atoms with Crippen molar-refractivity contribution in [2.45, 2.75) is 57.5 Å². The summed E-state index contributed by atoms with van der Waals surface area (Å²) in [4.78, 5) is 7.42. The zero-order chi connectivity index (χ0) is 17.0. The molecule has 3 heterocycles. The van der Waals surface area contributed by atoms with Gasteiger partial charge < -0.3 is 19.4 Å². The lowest BCUT2D eigenvalue weighted by atomic mass is 9.68. The van der Waals surface area contributed by atoms with E-state index in [2.05, 4.69) is 10.2 Å². The van der Waals surface area contributed by atoms with Gasteiger partial charge in [0.1, 0.15) is 5.76 Å². The van der Waals surface area contributed by atoms with Crippen molar-refractivity contribution in [1.82, 2.24) is 10.2 Å². The van der Waals surface area contributed by atoms with Crippen LogP contribution in [0.4, 0.5) is 0 Å². The van der Waals surface area contributed by atoms with Crippen LogP contribution in [0.1, 0.15) is 50.7 Å². The Hall–Kier alpha value is -0.760. The van der Waals surface area contributed by atoms with Crippen molar-refractivity contribution in [3.63, 3.8) is 0 Å². The van der Waals surface area contributed by atoms with E-state index in [0.717, 1.165) is 50.8 Å². The van der Waals surface area contributed by atoms with E-state index < -0.39 is 0 Å². The standard InChI is InChI=1S/C20H31N3O2.HI/c1-2-13-25-18(5-1)15-22-19(21-11-7-17-6-3-14-24-17)23-12-10-20(16-23)8-4-9-20;/h3,6,14,18H,1-2,4-5,7-13,15-16H2,(H,21,22);1H. The number of hydrogen-bond donors (Lipinski definition) is 1. The van der Waals surface area contributed by atoms with E-state index in [4.69, 9.17) is 14.1 Å². The molecule has 0 bridgehead atoms. The van der Waals surface area contributed by atoms with Crippen LogP contribution < -0.4 is 5.32 Å². The average molecular weight is 473 g/mol. The van der Waals surface area contributed by atoms with Gasteiger partial charge in [-0.05, 0) is 56.1 Å². The quantitative estimate of drug-likeness (QED) is 0.401. The molecule has 1 unspecified atom stereocenters. The Balaban J connectivity index is 0.00000196. The SMILES string of the molecule is I.c1coc(CCNC(=NCC2CCCCO2)N2CCC3(CCC3)C2)c1. The Labute approximate surface area is 174 Å². The van der Waals surface area contributed by atoms with Gasteiger partial charge in [0.25, 0.3) is 0 Å². The van der Waals surface area contributed by atoms with Gasteiger partial charge in [0.2, 0.25) is 0 Å². The van der Waals surface area contributed by atoms with Crippen LogP contribution in [0.25, 0.3) is 0 Å². The summed E-state index contributed by atoms with van der Waals surface area (Å²) in [6.45, 7) is 4.85. The number of rotatable bonds is 5. The largest absolute Gasteiger partial charge is 0.469 e. The maximum Gasteiger partial charge on any atom is 0.194 e. The lowest BCUT2D eigenvalue weighted by Crippen LogP contribution is -2.43.